The van der Waals surface area contributed by atoms with Crippen LogP contribution >= 0.6 is 0 Å². The molecule has 0 aliphatic rings. The molecular formula is C12H10N6O3. The van der Waals surface area contributed by atoms with Gasteiger partial charge in [0.1, 0.15) is 11.5 Å². The quantitative estimate of drug-likeness (QED) is 0.746. The van der Waals surface area contributed by atoms with Crippen LogP contribution in [0.25, 0.3) is 11.5 Å². The van der Waals surface area contributed by atoms with Crippen molar-refractivity contribution in [2.45, 2.75) is 13.5 Å². The van der Waals surface area contributed by atoms with Crippen molar-refractivity contribution in [2.24, 2.45) is 0 Å². The van der Waals surface area contributed by atoms with E-state index in [1.807, 2.05) is 0 Å². The highest BCUT2D eigenvalue weighted by Crippen LogP contribution is 2.14. The summed E-state index contributed by atoms with van der Waals surface area (Å²) in [5.74, 6) is 0.825. The van der Waals surface area contributed by atoms with Gasteiger partial charge in [-0.3, -0.25) is 9.78 Å². The van der Waals surface area contributed by atoms with E-state index in [0.29, 0.717) is 17.3 Å². The van der Waals surface area contributed by atoms with Gasteiger partial charge in [0.15, 0.2) is 5.69 Å². The van der Waals surface area contributed by atoms with Gasteiger partial charge in [-0.25, -0.2) is 4.98 Å². The number of carbonyl (C=O) groups is 1. The Labute approximate surface area is 118 Å². The lowest BCUT2D eigenvalue weighted by molar-refractivity contribution is 0.0941. The first-order valence-electron chi connectivity index (χ1n) is 6.03. The number of carbonyl (C=O) groups excluding carboxylic acids is 1. The number of nitrogens with one attached hydrogen (secondary N) is 1. The third-order valence-corrected chi connectivity index (χ3v) is 2.52. The lowest BCUT2D eigenvalue weighted by Crippen LogP contribution is -2.24. The van der Waals surface area contributed by atoms with Gasteiger partial charge < -0.3 is 14.4 Å². The summed E-state index contributed by atoms with van der Waals surface area (Å²) in [4.78, 5) is 23.6. The molecule has 9 heteroatoms. The average molecular weight is 286 g/mol. The van der Waals surface area contributed by atoms with Crippen LogP contribution in [0.2, 0.25) is 0 Å². The monoisotopic (exact) mass is 286 g/mol. The number of hydrogen-bond donors (Lipinski definition) is 1. The van der Waals surface area contributed by atoms with Gasteiger partial charge in [-0.15, -0.1) is 0 Å². The summed E-state index contributed by atoms with van der Waals surface area (Å²) in [6.07, 6.45) is 4.29. The van der Waals surface area contributed by atoms with Crippen LogP contribution in [0, 0.1) is 6.92 Å². The molecule has 9 nitrogen and oxygen atoms in total. The van der Waals surface area contributed by atoms with E-state index in [0.717, 1.165) is 0 Å². The third-order valence-electron chi connectivity index (χ3n) is 2.52. The van der Waals surface area contributed by atoms with Crippen LogP contribution in [-0.2, 0) is 6.54 Å². The van der Waals surface area contributed by atoms with Gasteiger partial charge in [0.2, 0.25) is 11.7 Å². The smallest absolute Gasteiger partial charge is 0.271 e. The molecule has 0 aliphatic carbocycles. The van der Waals surface area contributed by atoms with Crippen LogP contribution in [0.4, 0.5) is 0 Å². The summed E-state index contributed by atoms with van der Waals surface area (Å²) < 4.78 is 9.95. The Morgan fingerprint density at radius 1 is 1.29 bits per heavy atom. The molecular weight excluding hydrogens is 276 g/mol. The fraction of sp³-hybridized carbons (Fsp3) is 0.167. The first-order valence-corrected chi connectivity index (χ1v) is 6.03. The molecule has 0 atom stereocenters. The van der Waals surface area contributed by atoms with Crippen molar-refractivity contribution >= 4 is 5.91 Å². The van der Waals surface area contributed by atoms with Crippen LogP contribution < -0.4 is 5.32 Å². The summed E-state index contributed by atoms with van der Waals surface area (Å²) in [5, 5.41) is 10.1. The summed E-state index contributed by atoms with van der Waals surface area (Å²) >= 11 is 0. The molecule has 0 spiro atoms. The Hall–Kier alpha value is -3.10. The van der Waals surface area contributed by atoms with Crippen molar-refractivity contribution in [1.29, 1.82) is 0 Å². The van der Waals surface area contributed by atoms with Crippen LogP contribution in [0.5, 0.6) is 0 Å². The van der Waals surface area contributed by atoms with Crippen molar-refractivity contribution in [3.05, 3.63) is 42.0 Å². The van der Waals surface area contributed by atoms with E-state index in [4.69, 9.17) is 9.05 Å². The Balaban J connectivity index is 1.64. The van der Waals surface area contributed by atoms with Crippen molar-refractivity contribution in [3.63, 3.8) is 0 Å². The summed E-state index contributed by atoms with van der Waals surface area (Å²) in [7, 11) is 0. The van der Waals surface area contributed by atoms with Crippen molar-refractivity contribution in [2.75, 3.05) is 0 Å². The number of rotatable bonds is 4. The molecule has 0 radical (unpaired) electrons. The van der Waals surface area contributed by atoms with Crippen LogP contribution in [0.3, 0.4) is 0 Å². The van der Waals surface area contributed by atoms with Crippen molar-refractivity contribution < 1.29 is 13.8 Å². The normalized spacial score (nSPS) is 10.5. The van der Waals surface area contributed by atoms with Gasteiger partial charge in [-0.2, -0.15) is 4.98 Å². The zero-order valence-corrected chi connectivity index (χ0v) is 11.0. The first kappa shape index (κ1) is 12.9. The zero-order chi connectivity index (χ0) is 14.7. The molecule has 1 amide bonds. The van der Waals surface area contributed by atoms with E-state index in [1.165, 1.54) is 18.6 Å². The van der Waals surface area contributed by atoms with E-state index < -0.39 is 0 Å². The number of amides is 1. The van der Waals surface area contributed by atoms with Gasteiger partial charge in [-0.05, 0) is 6.92 Å². The Kier molecular flexibility index (Phi) is 3.37. The van der Waals surface area contributed by atoms with E-state index in [2.05, 4.69) is 30.6 Å². The topological polar surface area (TPSA) is 120 Å². The number of hydrogen-bond acceptors (Lipinski definition) is 8. The summed E-state index contributed by atoms with van der Waals surface area (Å²) in [6.45, 7) is 1.85. The fourth-order valence-corrected chi connectivity index (χ4v) is 1.57. The van der Waals surface area contributed by atoms with E-state index in [9.17, 15) is 4.79 Å². The van der Waals surface area contributed by atoms with Crippen LogP contribution in [0.1, 0.15) is 22.1 Å². The molecule has 0 aromatic carbocycles. The van der Waals surface area contributed by atoms with E-state index >= 15 is 0 Å². The van der Waals surface area contributed by atoms with Gasteiger partial charge >= 0.3 is 0 Å². The van der Waals surface area contributed by atoms with E-state index in [-0.39, 0.29) is 24.0 Å². The minimum Gasteiger partial charge on any atom is -0.361 e. The molecule has 0 aliphatic heterocycles. The second kappa shape index (κ2) is 5.49. The van der Waals surface area contributed by atoms with Crippen molar-refractivity contribution in [3.8, 4) is 11.5 Å². The maximum Gasteiger partial charge on any atom is 0.271 e. The highest BCUT2D eigenvalue weighted by Gasteiger charge is 2.14. The SMILES string of the molecule is Cc1cc(-c2noc(CNC(=O)c3cnccn3)n2)no1. The Morgan fingerprint density at radius 3 is 2.90 bits per heavy atom. The lowest BCUT2D eigenvalue weighted by atomic mass is 10.4. The van der Waals surface area contributed by atoms with E-state index in [1.54, 1.807) is 13.0 Å². The maximum absolute atomic E-state index is 11.8. The molecule has 21 heavy (non-hydrogen) atoms. The maximum atomic E-state index is 11.8. The second-order valence-electron chi connectivity index (χ2n) is 4.11. The highest BCUT2D eigenvalue weighted by atomic mass is 16.5. The van der Waals surface area contributed by atoms with Crippen molar-refractivity contribution in [1.82, 2.24) is 30.6 Å². The number of aryl methyl sites for hydroxylation is 1. The minimum absolute atomic E-state index is 0.0826. The predicted molar refractivity (Wildman–Crippen MR) is 67.7 cm³/mol. The molecule has 3 aromatic heterocycles. The molecule has 106 valence electrons. The van der Waals surface area contributed by atoms with Gasteiger partial charge in [-0.1, -0.05) is 10.3 Å². The molecule has 1 N–H and O–H groups in total. The molecule has 3 aromatic rings. The fourth-order valence-electron chi connectivity index (χ4n) is 1.57. The molecule has 0 unspecified atom stereocenters. The first-order chi connectivity index (χ1) is 10.2. The predicted octanol–water partition coefficient (Wildman–Crippen LogP) is 0.753. The Bertz CT molecular complexity index is 751. The Morgan fingerprint density at radius 2 is 2.19 bits per heavy atom. The minimum atomic E-state index is -0.375. The van der Waals surface area contributed by atoms with Gasteiger partial charge in [0, 0.05) is 18.5 Å². The second-order valence-corrected chi connectivity index (χ2v) is 4.11. The van der Waals surface area contributed by atoms with Crippen LogP contribution in [-0.4, -0.2) is 31.2 Å². The number of nitrogens with zero attached hydrogens (tertiary/aromatic N) is 5. The van der Waals surface area contributed by atoms with Gasteiger partial charge in [0.25, 0.3) is 5.91 Å². The molecule has 0 bridgehead atoms. The van der Waals surface area contributed by atoms with Gasteiger partial charge in [0.05, 0.1) is 12.7 Å². The highest BCUT2D eigenvalue weighted by molar-refractivity contribution is 5.91. The molecule has 3 rings (SSSR count). The standard InChI is InChI=1S/C12H10N6O3/c1-7-4-8(17-20-7)11-16-10(21-18-11)6-15-12(19)9-5-13-2-3-14-9/h2-5H,6H2,1H3,(H,15,19). The summed E-state index contributed by atoms with van der Waals surface area (Å²) in [5.41, 5.74) is 0.687. The molecule has 0 fully saturated rings. The number of aromatic nitrogens is 5. The summed E-state index contributed by atoms with van der Waals surface area (Å²) in [6, 6.07) is 1.69. The lowest BCUT2D eigenvalue weighted by Gasteiger charge is -1.99. The average Bonchev–Trinajstić information content (AvgIpc) is 3.14. The molecule has 3 heterocycles. The molecule has 0 saturated carbocycles. The van der Waals surface area contributed by atoms with Crippen LogP contribution in [0.15, 0.2) is 33.7 Å². The molecule has 0 saturated heterocycles. The third kappa shape index (κ3) is 2.91. The zero-order valence-electron chi connectivity index (χ0n) is 11.0. The largest absolute Gasteiger partial charge is 0.361 e.